The molecule has 55 heavy (non-hydrogen) atoms. The molecule has 0 unspecified atom stereocenters. The van der Waals surface area contributed by atoms with Crippen molar-refractivity contribution in [2.45, 2.75) is 6.42 Å². The molecule has 0 aliphatic heterocycles. The molecule has 0 aliphatic carbocycles. The molecule has 2 nitrogen and oxygen atoms in total. The molecule has 0 fully saturated rings. The van der Waals surface area contributed by atoms with Gasteiger partial charge in [-0.3, -0.25) is 0 Å². The van der Waals surface area contributed by atoms with Crippen molar-refractivity contribution in [3.63, 3.8) is 0 Å². The van der Waals surface area contributed by atoms with Crippen LogP contribution in [-0.4, -0.2) is 4.57 Å². The van der Waals surface area contributed by atoms with Gasteiger partial charge in [0.05, 0.1) is 11.0 Å². The van der Waals surface area contributed by atoms with Gasteiger partial charge in [0.15, 0.2) is 0 Å². The first-order valence-electron chi connectivity index (χ1n) is 19.0. The highest BCUT2D eigenvalue weighted by molar-refractivity contribution is 6.23. The van der Waals surface area contributed by atoms with Gasteiger partial charge in [-0.25, -0.2) is 0 Å². The standard InChI is InChI=1S/C53H35NO/c1-3-12-39(13-4-1)47-34-41-14-7-8-18-44(41)51-46-20-11-15-42(52(46)55-53(47)51)32-35-22-24-36(25-23-35)37-26-28-38(29-27-37)40-30-31-50-48(33-40)45-19-9-10-21-49(45)54(50)43-16-5-2-6-17-43/h1-31,33-34H,32H2. The third-order valence-corrected chi connectivity index (χ3v) is 11.2. The summed E-state index contributed by atoms with van der Waals surface area (Å²) in [5.41, 5.74) is 15.1. The maximum Gasteiger partial charge on any atom is 0.143 e. The molecule has 0 spiro atoms. The average Bonchev–Trinajstić information content (AvgIpc) is 3.81. The predicted octanol–water partition coefficient (Wildman–Crippen LogP) is 14.4. The van der Waals surface area contributed by atoms with Crippen molar-refractivity contribution < 1.29 is 4.42 Å². The zero-order chi connectivity index (χ0) is 36.3. The van der Waals surface area contributed by atoms with Crippen LogP contribution in [0.3, 0.4) is 0 Å². The number of aromatic nitrogens is 1. The first kappa shape index (κ1) is 31.4. The van der Waals surface area contributed by atoms with Gasteiger partial charge < -0.3 is 8.98 Å². The second-order valence-electron chi connectivity index (χ2n) is 14.5. The van der Waals surface area contributed by atoms with E-state index in [1.807, 2.05) is 0 Å². The van der Waals surface area contributed by atoms with Crippen LogP contribution < -0.4 is 0 Å². The van der Waals surface area contributed by atoms with Crippen molar-refractivity contribution in [2.75, 3.05) is 0 Å². The lowest BCUT2D eigenvalue weighted by Gasteiger charge is -2.09. The maximum absolute atomic E-state index is 6.86. The summed E-state index contributed by atoms with van der Waals surface area (Å²) in [6.07, 6.45) is 0.790. The average molecular weight is 702 g/mol. The Kier molecular flexibility index (Phi) is 7.28. The summed E-state index contributed by atoms with van der Waals surface area (Å²) in [7, 11) is 0. The van der Waals surface area contributed by atoms with Crippen molar-refractivity contribution in [3.8, 4) is 39.1 Å². The number of furan rings is 1. The fourth-order valence-electron chi connectivity index (χ4n) is 8.58. The van der Waals surface area contributed by atoms with E-state index in [2.05, 4.69) is 205 Å². The van der Waals surface area contributed by atoms with Gasteiger partial charge in [-0.05, 0) is 86.1 Å². The van der Waals surface area contributed by atoms with E-state index < -0.39 is 0 Å². The fourth-order valence-corrected chi connectivity index (χ4v) is 8.58. The van der Waals surface area contributed by atoms with Crippen molar-refractivity contribution in [1.29, 1.82) is 0 Å². The van der Waals surface area contributed by atoms with Crippen molar-refractivity contribution >= 4 is 54.5 Å². The highest BCUT2D eigenvalue weighted by Crippen LogP contribution is 2.42. The number of para-hydroxylation sites is 3. The number of nitrogens with zero attached hydrogens (tertiary/aromatic N) is 1. The zero-order valence-electron chi connectivity index (χ0n) is 30.1. The van der Waals surface area contributed by atoms with Crippen molar-refractivity contribution in [2.24, 2.45) is 0 Å². The quantitative estimate of drug-likeness (QED) is 0.169. The first-order chi connectivity index (χ1) is 27.3. The van der Waals surface area contributed by atoms with Gasteiger partial charge in [0.1, 0.15) is 11.2 Å². The van der Waals surface area contributed by atoms with E-state index in [1.54, 1.807) is 0 Å². The van der Waals surface area contributed by atoms with Gasteiger partial charge in [0.2, 0.25) is 0 Å². The first-order valence-corrected chi connectivity index (χ1v) is 19.0. The lowest BCUT2D eigenvalue weighted by atomic mass is 9.95. The Bertz CT molecular complexity index is 3190. The van der Waals surface area contributed by atoms with E-state index in [4.69, 9.17) is 4.42 Å². The third-order valence-electron chi connectivity index (χ3n) is 11.2. The monoisotopic (exact) mass is 701 g/mol. The van der Waals surface area contributed by atoms with E-state index in [0.717, 1.165) is 28.7 Å². The third kappa shape index (κ3) is 5.26. The van der Waals surface area contributed by atoms with Gasteiger partial charge in [-0.1, -0.05) is 164 Å². The van der Waals surface area contributed by atoms with Crippen molar-refractivity contribution in [3.05, 3.63) is 211 Å². The highest BCUT2D eigenvalue weighted by atomic mass is 16.3. The summed E-state index contributed by atoms with van der Waals surface area (Å²) in [4.78, 5) is 0. The molecule has 2 heterocycles. The second kappa shape index (κ2) is 12.8. The largest absolute Gasteiger partial charge is 0.455 e. The van der Waals surface area contributed by atoms with E-state index in [-0.39, 0.29) is 0 Å². The van der Waals surface area contributed by atoms with Gasteiger partial charge in [-0.2, -0.15) is 0 Å². The van der Waals surface area contributed by atoms with E-state index >= 15 is 0 Å². The summed E-state index contributed by atoms with van der Waals surface area (Å²) in [5, 5.41) is 7.33. The van der Waals surface area contributed by atoms with Crippen LogP contribution in [-0.2, 0) is 6.42 Å². The SMILES string of the molecule is c1ccc(-c2cc3ccccc3c3c2oc2c(Cc4ccc(-c5ccc(-c6ccc7c(c6)c6ccccc6n7-c6ccccc6)cc5)cc4)cccc23)cc1. The molecule has 0 N–H and O–H groups in total. The molecular weight excluding hydrogens is 667 g/mol. The number of benzene rings is 9. The molecule has 258 valence electrons. The summed E-state index contributed by atoms with van der Waals surface area (Å²) in [6.45, 7) is 0. The second-order valence-corrected chi connectivity index (χ2v) is 14.5. The molecule has 2 heteroatoms. The normalized spacial score (nSPS) is 11.7. The van der Waals surface area contributed by atoms with Gasteiger partial charge >= 0.3 is 0 Å². The Balaban J connectivity index is 0.901. The van der Waals surface area contributed by atoms with Crippen LogP contribution in [0, 0.1) is 0 Å². The Morgan fingerprint density at radius 2 is 0.982 bits per heavy atom. The summed E-state index contributed by atoms with van der Waals surface area (Å²) in [5.74, 6) is 0. The van der Waals surface area contributed by atoms with Crippen LogP contribution in [0.5, 0.6) is 0 Å². The zero-order valence-corrected chi connectivity index (χ0v) is 30.1. The molecule has 0 aliphatic rings. The summed E-state index contributed by atoms with van der Waals surface area (Å²) in [6, 6.07) is 72.2. The van der Waals surface area contributed by atoms with Gasteiger partial charge in [0.25, 0.3) is 0 Å². The molecule has 2 aromatic heterocycles. The minimum atomic E-state index is 0.790. The Morgan fingerprint density at radius 3 is 1.76 bits per heavy atom. The van der Waals surface area contributed by atoms with Crippen LogP contribution in [0.1, 0.15) is 11.1 Å². The lowest BCUT2D eigenvalue weighted by Crippen LogP contribution is -1.92. The fraction of sp³-hybridized carbons (Fsp3) is 0.0189. The summed E-state index contributed by atoms with van der Waals surface area (Å²) < 4.78 is 9.22. The van der Waals surface area contributed by atoms with Crippen LogP contribution >= 0.6 is 0 Å². The molecule has 0 atom stereocenters. The Hall–Kier alpha value is -7.16. The smallest absolute Gasteiger partial charge is 0.143 e. The van der Waals surface area contributed by atoms with Crippen LogP contribution in [0.4, 0.5) is 0 Å². The van der Waals surface area contributed by atoms with Crippen molar-refractivity contribution in [1.82, 2.24) is 4.57 Å². The molecule has 0 bridgehead atoms. The van der Waals surface area contributed by atoms with Gasteiger partial charge in [-0.15, -0.1) is 0 Å². The lowest BCUT2D eigenvalue weighted by molar-refractivity contribution is 0.665. The van der Waals surface area contributed by atoms with Crippen LogP contribution in [0.25, 0.3) is 93.6 Å². The molecule has 0 radical (unpaired) electrons. The Labute approximate surface area is 319 Å². The van der Waals surface area contributed by atoms with E-state index in [0.29, 0.717) is 0 Å². The maximum atomic E-state index is 6.86. The molecule has 9 aromatic carbocycles. The number of hydrogen-bond acceptors (Lipinski definition) is 1. The number of fused-ring (bicyclic) bond motifs is 8. The molecule has 0 amide bonds. The number of hydrogen-bond donors (Lipinski definition) is 0. The number of rotatable bonds is 6. The summed E-state index contributed by atoms with van der Waals surface area (Å²) >= 11 is 0. The van der Waals surface area contributed by atoms with Crippen LogP contribution in [0.15, 0.2) is 205 Å². The minimum absolute atomic E-state index is 0.790. The molecule has 11 aromatic rings. The highest BCUT2D eigenvalue weighted by Gasteiger charge is 2.18. The molecule has 11 rings (SSSR count). The topological polar surface area (TPSA) is 18.1 Å². The minimum Gasteiger partial charge on any atom is -0.455 e. The molecule has 0 saturated heterocycles. The molecule has 0 saturated carbocycles. The Morgan fingerprint density at radius 1 is 0.382 bits per heavy atom. The van der Waals surface area contributed by atoms with E-state index in [1.165, 1.54) is 82.4 Å². The molecular formula is C53H35NO. The van der Waals surface area contributed by atoms with Gasteiger partial charge in [0, 0.05) is 39.2 Å². The van der Waals surface area contributed by atoms with Crippen LogP contribution in [0.2, 0.25) is 0 Å². The van der Waals surface area contributed by atoms with E-state index in [9.17, 15) is 0 Å². The predicted molar refractivity (Wildman–Crippen MR) is 231 cm³/mol.